The van der Waals surface area contributed by atoms with Gasteiger partial charge in [-0.1, -0.05) is 12.5 Å². The van der Waals surface area contributed by atoms with Crippen molar-refractivity contribution >= 4 is 23.4 Å². The van der Waals surface area contributed by atoms with Gasteiger partial charge in [-0.2, -0.15) is 11.8 Å². The first kappa shape index (κ1) is 11.6. The first-order valence-electron chi connectivity index (χ1n) is 5.77. The van der Waals surface area contributed by atoms with E-state index >= 15 is 0 Å². The lowest BCUT2D eigenvalue weighted by Crippen LogP contribution is -2.26. The van der Waals surface area contributed by atoms with Gasteiger partial charge in [0.2, 0.25) is 0 Å². The van der Waals surface area contributed by atoms with Gasteiger partial charge in [0.05, 0.1) is 0 Å². The molecule has 0 radical (unpaired) electrons. The van der Waals surface area contributed by atoms with E-state index < -0.39 is 0 Å². The van der Waals surface area contributed by atoms with E-state index in [1.54, 1.807) is 0 Å². The molecule has 1 aromatic heterocycles. The molecule has 1 aromatic rings. The Morgan fingerprint density at radius 1 is 1.31 bits per heavy atom. The number of nitrogens with zero attached hydrogens (tertiary/aromatic N) is 1. The third-order valence-electron chi connectivity index (χ3n) is 3.09. The highest BCUT2D eigenvalue weighted by Crippen LogP contribution is 2.30. The van der Waals surface area contributed by atoms with Crippen LogP contribution >= 0.6 is 11.8 Å². The molecule has 1 aliphatic carbocycles. The summed E-state index contributed by atoms with van der Waals surface area (Å²) < 4.78 is 0. The Morgan fingerprint density at radius 2 is 2.12 bits per heavy atom. The molecule has 1 heterocycles. The van der Waals surface area contributed by atoms with Gasteiger partial charge in [0.1, 0.15) is 11.6 Å². The van der Waals surface area contributed by atoms with Crippen molar-refractivity contribution in [1.29, 1.82) is 0 Å². The summed E-state index contributed by atoms with van der Waals surface area (Å²) in [4.78, 5) is 4.49. The summed E-state index contributed by atoms with van der Waals surface area (Å²) in [6.45, 7) is 0. The molecule has 0 saturated heterocycles. The lowest BCUT2D eigenvalue weighted by molar-refractivity contribution is 0.764. The molecule has 2 rings (SSSR count). The van der Waals surface area contributed by atoms with Crippen molar-refractivity contribution in [1.82, 2.24) is 4.98 Å². The molecule has 0 aromatic carbocycles. The fraction of sp³-hybridized carbons (Fsp3) is 0.583. The SMILES string of the molecule is CNc1cccc(NC2CCCC2SC)n1. The molecule has 16 heavy (non-hydrogen) atoms. The van der Waals surface area contributed by atoms with E-state index in [9.17, 15) is 0 Å². The van der Waals surface area contributed by atoms with Gasteiger partial charge in [0.25, 0.3) is 0 Å². The zero-order chi connectivity index (χ0) is 11.4. The number of anilines is 2. The van der Waals surface area contributed by atoms with Crippen molar-refractivity contribution in [3.63, 3.8) is 0 Å². The third-order valence-corrected chi connectivity index (χ3v) is 4.26. The van der Waals surface area contributed by atoms with Crippen LogP contribution in [0.25, 0.3) is 0 Å². The summed E-state index contributed by atoms with van der Waals surface area (Å²) in [7, 11) is 1.90. The van der Waals surface area contributed by atoms with Crippen LogP contribution in [0.3, 0.4) is 0 Å². The number of pyridine rings is 1. The first-order valence-corrected chi connectivity index (χ1v) is 7.06. The minimum Gasteiger partial charge on any atom is -0.373 e. The van der Waals surface area contributed by atoms with Crippen molar-refractivity contribution in [2.45, 2.75) is 30.6 Å². The van der Waals surface area contributed by atoms with Crippen molar-refractivity contribution in [2.24, 2.45) is 0 Å². The molecule has 88 valence electrons. The van der Waals surface area contributed by atoms with Crippen molar-refractivity contribution < 1.29 is 0 Å². The Hall–Kier alpha value is -0.900. The lowest BCUT2D eigenvalue weighted by atomic mass is 10.2. The van der Waals surface area contributed by atoms with Crippen LogP contribution in [0.4, 0.5) is 11.6 Å². The molecule has 4 heteroatoms. The Morgan fingerprint density at radius 3 is 2.88 bits per heavy atom. The lowest BCUT2D eigenvalue weighted by Gasteiger charge is -2.19. The summed E-state index contributed by atoms with van der Waals surface area (Å²) in [6, 6.07) is 6.63. The molecule has 3 nitrogen and oxygen atoms in total. The second-order valence-electron chi connectivity index (χ2n) is 4.11. The maximum atomic E-state index is 4.49. The maximum Gasteiger partial charge on any atom is 0.128 e. The topological polar surface area (TPSA) is 37.0 Å². The zero-order valence-electron chi connectivity index (χ0n) is 9.86. The molecule has 0 aliphatic heterocycles. The van der Waals surface area contributed by atoms with Gasteiger partial charge in [0.15, 0.2) is 0 Å². The summed E-state index contributed by atoms with van der Waals surface area (Å²) in [5.74, 6) is 1.90. The van der Waals surface area contributed by atoms with Gasteiger partial charge in [-0.25, -0.2) is 4.98 Å². The minimum absolute atomic E-state index is 0.578. The van der Waals surface area contributed by atoms with E-state index in [1.165, 1.54) is 19.3 Å². The van der Waals surface area contributed by atoms with E-state index in [1.807, 2.05) is 37.0 Å². The number of rotatable bonds is 4. The van der Waals surface area contributed by atoms with E-state index in [4.69, 9.17) is 0 Å². The number of hydrogen-bond donors (Lipinski definition) is 2. The van der Waals surface area contributed by atoms with Gasteiger partial charge < -0.3 is 10.6 Å². The minimum atomic E-state index is 0.578. The summed E-state index contributed by atoms with van der Waals surface area (Å²) in [6.07, 6.45) is 6.11. The normalized spacial score (nSPS) is 24.4. The van der Waals surface area contributed by atoms with Crippen LogP contribution in [-0.4, -0.2) is 29.6 Å². The van der Waals surface area contributed by atoms with Gasteiger partial charge in [-0.3, -0.25) is 0 Å². The van der Waals surface area contributed by atoms with E-state index in [0.29, 0.717) is 6.04 Å². The van der Waals surface area contributed by atoms with E-state index in [-0.39, 0.29) is 0 Å². The number of aromatic nitrogens is 1. The fourth-order valence-electron chi connectivity index (χ4n) is 2.22. The van der Waals surface area contributed by atoms with Crippen LogP contribution in [0.2, 0.25) is 0 Å². The van der Waals surface area contributed by atoms with Crippen molar-refractivity contribution in [3.05, 3.63) is 18.2 Å². The number of thioether (sulfide) groups is 1. The first-order chi connectivity index (χ1) is 7.83. The number of nitrogens with one attached hydrogen (secondary N) is 2. The standard InChI is InChI=1S/C12H19N3S/c1-13-11-7-4-8-12(15-11)14-9-5-3-6-10(9)16-2/h4,7-10H,3,5-6H2,1-2H3,(H2,13,14,15). The highest BCUT2D eigenvalue weighted by molar-refractivity contribution is 7.99. The molecular weight excluding hydrogens is 218 g/mol. The second kappa shape index (κ2) is 5.43. The largest absolute Gasteiger partial charge is 0.373 e. The quantitative estimate of drug-likeness (QED) is 0.844. The van der Waals surface area contributed by atoms with Crippen LogP contribution in [0.15, 0.2) is 18.2 Å². The smallest absolute Gasteiger partial charge is 0.128 e. The number of hydrogen-bond acceptors (Lipinski definition) is 4. The van der Waals surface area contributed by atoms with Crippen LogP contribution in [0.1, 0.15) is 19.3 Å². The fourth-order valence-corrected chi connectivity index (χ4v) is 3.15. The van der Waals surface area contributed by atoms with E-state index in [2.05, 4.69) is 21.9 Å². The Labute approximate surface area is 101 Å². The molecule has 2 unspecified atom stereocenters. The highest BCUT2D eigenvalue weighted by atomic mass is 32.2. The summed E-state index contributed by atoms with van der Waals surface area (Å²) >= 11 is 1.96. The summed E-state index contributed by atoms with van der Waals surface area (Å²) in [5, 5.41) is 7.34. The highest BCUT2D eigenvalue weighted by Gasteiger charge is 2.26. The average molecular weight is 237 g/mol. The molecule has 1 fully saturated rings. The third kappa shape index (κ3) is 2.61. The molecule has 2 N–H and O–H groups in total. The zero-order valence-corrected chi connectivity index (χ0v) is 10.7. The molecular formula is C12H19N3S. The van der Waals surface area contributed by atoms with Crippen LogP contribution < -0.4 is 10.6 Å². The average Bonchev–Trinajstić information content (AvgIpc) is 2.76. The Balaban J connectivity index is 2.02. The van der Waals surface area contributed by atoms with E-state index in [0.717, 1.165) is 16.9 Å². The van der Waals surface area contributed by atoms with Crippen LogP contribution in [0.5, 0.6) is 0 Å². The molecule has 0 spiro atoms. The monoisotopic (exact) mass is 237 g/mol. The predicted molar refractivity (Wildman–Crippen MR) is 72.3 cm³/mol. The van der Waals surface area contributed by atoms with Gasteiger partial charge >= 0.3 is 0 Å². The van der Waals surface area contributed by atoms with Crippen molar-refractivity contribution in [3.8, 4) is 0 Å². The molecule has 0 bridgehead atoms. The molecule has 1 aliphatic rings. The van der Waals surface area contributed by atoms with Crippen LogP contribution in [-0.2, 0) is 0 Å². The van der Waals surface area contributed by atoms with Gasteiger partial charge in [-0.05, 0) is 31.2 Å². The summed E-state index contributed by atoms with van der Waals surface area (Å²) in [5.41, 5.74) is 0. The Bertz CT molecular complexity index is 343. The molecule has 0 amide bonds. The molecule has 2 atom stereocenters. The van der Waals surface area contributed by atoms with Crippen LogP contribution in [0, 0.1) is 0 Å². The van der Waals surface area contributed by atoms with Gasteiger partial charge in [-0.15, -0.1) is 0 Å². The molecule has 1 saturated carbocycles. The predicted octanol–water partition coefficient (Wildman–Crippen LogP) is 2.82. The second-order valence-corrected chi connectivity index (χ2v) is 5.19. The van der Waals surface area contributed by atoms with Crippen molar-refractivity contribution in [2.75, 3.05) is 23.9 Å². The maximum absolute atomic E-state index is 4.49. The van der Waals surface area contributed by atoms with Gasteiger partial charge in [0, 0.05) is 18.3 Å². The Kier molecular flexibility index (Phi) is 3.93.